The molecule has 1 aromatic heterocycles. The fraction of sp³-hybridized carbons (Fsp3) is 0.222. The Morgan fingerprint density at radius 2 is 1.91 bits per heavy atom. The van der Waals surface area contributed by atoms with Gasteiger partial charge in [-0.1, -0.05) is 12.1 Å². The Balaban J connectivity index is 2.05. The standard InChI is InChI=1S/C18H20N4/c1-11(2)21-18-20-10-14-8-13(5-7-17(14)22-18)16-9-15(19)6-4-12(16)3/h4-11H,19H2,1-3H3,(H,20,21,22). The third-order valence-corrected chi connectivity index (χ3v) is 3.57. The molecule has 0 saturated heterocycles. The minimum absolute atomic E-state index is 0.312. The average Bonchev–Trinajstić information content (AvgIpc) is 2.48. The molecule has 0 bridgehead atoms. The number of fused-ring (bicyclic) bond motifs is 1. The minimum atomic E-state index is 0.312. The van der Waals surface area contributed by atoms with Crippen molar-refractivity contribution >= 4 is 22.5 Å². The number of anilines is 2. The molecular formula is C18H20N4. The molecule has 3 N–H and O–H groups in total. The van der Waals surface area contributed by atoms with Crippen molar-refractivity contribution in [3.63, 3.8) is 0 Å². The SMILES string of the molecule is Cc1ccc(N)cc1-c1ccc2nc(NC(C)C)ncc2c1. The number of rotatable bonds is 3. The second kappa shape index (κ2) is 5.64. The van der Waals surface area contributed by atoms with Crippen molar-refractivity contribution in [3.05, 3.63) is 48.2 Å². The number of nitrogens with one attached hydrogen (secondary N) is 1. The molecule has 0 fully saturated rings. The van der Waals surface area contributed by atoms with Gasteiger partial charge in [0.15, 0.2) is 0 Å². The molecule has 1 heterocycles. The molecule has 3 aromatic rings. The van der Waals surface area contributed by atoms with Gasteiger partial charge in [0.05, 0.1) is 5.52 Å². The average molecular weight is 292 g/mol. The lowest BCUT2D eigenvalue weighted by molar-refractivity contribution is 0.878. The topological polar surface area (TPSA) is 63.8 Å². The van der Waals surface area contributed by atoms with Gasteiger partial charge in [0.25, 0.3) is 0 Å². The summed E-state index contributed by atoms with van der Waals surface area (Å²) in [5.74, 6) is 0.662. The van der Waals surface area contributed by atoms with Crippen LogP contribution in [0.1, 0.15) is 19.4 Å². The summed E-state index contributed by atoms with van der Waals surface area (Å²) >= 11 is 0. The van der Waals surface area contributed by atoms with E-state index in [-0.39, 0.29) is 0 Å². The third-order valence-electron chi connectivity index (χ3n) is 3.57. The van der Waals surface area contributed by atoms with Gasteiger partial charge in [-0.3, -0.25) is 0 Å². The molecular weight excluding hydrogens is 272 g/mol. The van der Waals surface area contributed by atoms with Crippen LogP contribution in [0.2, 0.25) is 0 Å². The van der Waals surface area contributed by atoms with Gasteiger partial charge in [-0.2, -0.15) is 0 Å². The molecule has 0 aliphatic carbocycles. The van der Waals surface area contributed by atoms with E-state index in [4.69, 9.17) is 5.73 Å². The number of hydrogen-bond donors (Lipinski definition) is 2. The quantitative estimate of drug-likeness (QED) is 0.716. The maximum atomic E-state index is 5.91. The fourth-order valence-electron chi connectivity index (χ4n) is 2.48. The molecule has 112 valence electrons. The molecule has 0 aliphatic heterocycles. The van der Waals surface area contributed by atoms with Crippen molar-refractivity contribution in [1.82, 2.24) is 9.97 Å². The van der Waals surface area contributed by atoms with E-state index in [1.165, 1.54) is 5.56 Å². The summed E-state index contributed by atoms with van der Waals surface area (Å²) < 4.78 is 0. The summed E-state index contributed by atoms with van der Waals surface area (Å²) in [6.45, 7) is 6.23. The highest BCUT2D eigenvalue weighted by Gasteiger charge is 2.06. The number of nitrogen functional groups attached to an aromatic ring is 1. The molecule has 0 spiro atoms. The van der Waals surface area contributed by atoms with Crippen molar-refractivity contribution in [2.24, 2.45) is 0 Å². The third kappa shape index (κ3) is 2.86. The fourth-order valence-corrected chi connectivity index (χ4v) is 2.48. The van der Waals surface area contributed by atoms with Crippen LogP contribution in [-0.4, -0.2) is 16.0 Å². The molecule has 3 rings (SSSR count). The highest BCUT2D eigenvalue weighted by atomic mass is 15.1. The number of hydrogen-bond acceptors (Lipinski definition) is 4. The van der Waals surface area contributed by atoms with E-state index in [0.717, 1.165) is 27.7 Å². The van der Waals surface area contributed by atoms with Gasteiger partial charge >= 0.3 is 0 Å². The Hall–Kier alpha value is -2.62. The summed E-state index contributed by atoms with van der Waals surface area (Å²) in [4.78, 5) is 8.92. The van der Waals surface area contributed by atoms with Crippen LogP contribution in [0.4, 0.5) is 11.6 Å². The normalized spacial score (nSPS) is 11.1. The second-order valence-corrected chi connectivity index (χ2v) is 5.84. The Labute approximate surface area is 130 Å². The van der Waals surface area contributed by atoms with Crippen LogP contribution in [0.15, 0.2) is 42.6 Å². The van der Waals surface area contributed by atoms with Crippen molar-refractivity contribution in [2.45, 2.75) is 26.8 Å². The van der Waals surface area contributed by atoms with Crippen LogP contribution in [0, 0.1) is 6.92 Å². The highest BCUT2D eigenvalue weighted by molar-refractivity contribution is 5.85. The van der Waals surface area contributed by atoms with Gasteiger partial charge in [0.2, 0.25) is 5.95 Å². The zero-order valence-corrected chi connectivity index (χ0v) is 13.1. The molecule has 0 radical (unpaired) electrons. The Morgan fingerprint density at radius 3 is 2.68 bits per heavy atom. The molecule has 4 nitrogen and oxygen atoms in total. The van der Waals surface area contributed by atoms with Gasteiger partial charge in [0, 0.05) is 23.3 Å². The second-order valence-electron chi connectivity index (χ2n) is 5.84. The molecule has 0 aliphatic rings. The zero-order valence-electron chi connectivity index (χ0n) is 13.1. The van der Waals surface area contributed by atoms with Crippen LogP contribution in [-0.2, 0) is 0 Å². The maximum absolute atomic E-state index is 5.91. The van der Waals surface area contributed by atoms with Gasteiger partial charge < -0.3 is 11.1 Å². The molecule has 0 unspecified atom stereocenters. The lowest BCUT2D eigenvalue weighted by Gasteiger charge is -2.10. The number of nitrogens with zero attached hydrogens (tertiary/aromatic N) is 2. The molecule has 4 heteroatoms. The smallest absolute Gasteiger partial charge is 0.223 e. The Bertz CT molecular complexity index is 824. The Kier molecular flexibility index (Phi) is 3.67. The number of aromatic nitrogens is 2. The van der Waals surface area contributed by atoms with Crippen LogP contribution in [0.5, 0.6) is 0 Å². The number of aryl methyl sites for hydroxylation is 1. The van der Waals surface area contributed by atoms with E-state index < -0.39 is 0 Å². The predicted molar refractivity (Wildman–Crippen MR) is 92.9 cm³/mol. The van der Waals surface area contributed by atoms with E-state index >= 15 is 0 Å². The molecule has 2 aromatic carbocycles. The first-order chi connectivity index (χ1) is 10.5. The lowest BCUT2D eigenvalue weighted by atomic mass is 9.99. The highest BCUT2D eigenvalue weighted by Crippen LogP contribution is 2.28. The van der Waals surface area contributed by atoms with Gasteiger partial charge in [-0.15, -0.1) is 0 Å². The van der Waals surface area contributed by atoms with Gasteiger partial charge in [0.1, 0.15) is 0 Å². The van der Waals surface area contributed by atoms with E-state index in [9.17, 15) is 0 Å². The maximum Gasteiger partial charge on any atom is 0.223 e. The van der Waals surface area contributed by atoms with Gasteiger partial charge in [-0.05, 0) is 61.7 Å². The largest absolute Gasteiger partial charge is 0.399 e. The van der Waals surface area contributed by atoms with E-state index in [2.05, 4.69) is 48.2 Å². The molecule has 0 saturated carbocycles. The minimum Gasteiger partial charge on any atom is -0.399 e. The van der Waals surface area contributed by atoms with Gasteiger partial charge in [-0.25, -0.2) is 9.97 Å². The molecule has 0 amide bonds. The first kappa shape index (κ1) is 14.3. The summed E-state index contributed by atoms with van der Waals surface area (Å²) in [6, 6.07) is 12.5. The monoisotopic (exact) mass is 292 g/mol. The molecule has 0 atom stereocenters. The van der Waals surface area contributed by atoms with Crippen molar-refractivity contribution < 1.29 is 0 Å². The van der Waals surface area contributed by atoms with Crippen LogP contribution >= 0.6 is 0 Å². The lowest BCUT2D eigenvalue weighted by Crippen LogP contribution is -2.12. The summed E-state index contributed by atoms with van der Waals surface area (Å²) in [5, 5.41) is 4.24. The van der Waals surface area contributed by atoms with Crippen LogP contribution in [0.3, 0.4) is 0 Å². The first-order valence-electron chi connectivity index (χ1n) is 7.43. The van der Waals surface area contributed by atoms with Crippen LogP contribution < -0.4 is 11.1 Å². The van der Waals surface area contributed by atoms with E-state index in [0.29, 0.717) is 12.0 Å². The predicted octanol–water partition coefficient (Wildman–Crippen LogP) is 4.01. The van der Waals surface area contributed by atoms with E-state index in [1.54, 1.807) is 0 Å². The Morgan fingerprint density at radius 1 is 1.09 bits per heavy atom. The van der Waals surface area contributed by atoms with Crippen LogP contribution in [0.25, 0.3) is 22.0 Å². The van der Waals surface area contributed by atoms with Crippen molar-refractivity contribution in [1.29, 1.82) is 0 Å². The number of nitrogens with two attached hydrogens (primary N) is 1. The summed E-state index contributed by atoms with van der Waals surface area (Å²) in [6.07, 6.45) is 1.86. The van der Waals surface area contributed by atoms with Crippen molar-refractivity contribution in [2.75, 3.05) is 11.1 Å². The van der Waals surface area contributed by atoms with E-state index in [1.807, 2.05) is 30.5 Å². The summed E-state index contributed by atoms with van der Waals surface area (Å²) in [5.41, 5.74) is 11.1. The van der Waals surface area contributed by atoms with Crippen molar-refractivity contribution in [3.8, 4) is 11.1 Å². The first-order valence-corrected chi connectivity index (χ1v) is 7.43. The summed E-state index contributed by atoms with van der Waals surface area (Å²) in [7, 11) is 0. The zero-order chi connectivity index (χ0) is 15.7. The molecule has 22 heavy (non-hydrogen) atoms. The number of benzene rings is 2.